The Kier molecular flexibility index (Phi) is 7.72. The van der Waals surface area contributed by atoms with Gasteiger partial charge in [0.2, 0.25) is 0 Å². The van der Waals surface area contributed by atoms with E-state index >= 15 is 0 Å². The molecule has 2 atom stereocenters. The summed E-state index contributed by atoms with van der Waals surface area (Å²) in [6.07, 6.45) is 0. The molecule has 4 nitrogen and oxygen atoms in total. The van der Waals surface area contributed by atoms with Crippen LogP contribution in [-0.4, -0.2) is 51.4 Å². The first-order valence-corrected chi connectivity index (χ1v) is 7.61. The largest absolute Gasteiger partial charge is 0.497 e. The summed E-state index contributed by atoms with van der Waals surface area (Å²) in [4.78, 5) is 2.47. The fourth-order valence-corrected chi connectivity index (χ4v) is 2.82. The number of likely N-dealkylation sites (N-methyl/N-ethyl adjacent to an activating group) is 1. The van der Waals surface area contributed by atoms with Crippen molar-refractivity contribution >= 4 is 0 Å². The molecule has 2 unspecified atom stereocenters. The van der Waals surface area contributed by atoms with Crippen LogP contribution in [0.25, 0.3) is 0 Å². The Hall–Kier alpha value is -1.10. The van der Waals surface area contributed by atoms with Gasteiger partial charge in [0, 0.05) is 31.8 Å². The number of hydrogen-bond donors (Lipinski definition) is 1. The number of ether oxygens (including phenoxy) is 2. The topological polar surface area (TPSA) is 33.7 Å². The van der Waals surface area contributed by atoms with Gasteiger partial charge >= 0.3 is 0 Å². The molecular weight excluding hydrogens is 264 g/mol. The molecule has 120 valence electrons. The first kappa shape index (κ1) is 18.0. The Morgan fingerprint density at radius 3 is 2.14 bits per heavy atom. The standard InChI is InChI=1S/C17H30N2O2/c1-13(2)19(11-12-20-5)14(3)17(18-4)15-7-9-16(21-6)10-8-15/h7-10,13-14,17-18H,11-12H2,1-6H3. The van der Waals surface area contributed by atoms with Crippen molar-refractivity contribution in [3.05, 3.63) is 29.8 Å². The van der Waals surface area contributed by atoms with Crippen LogP contribution in [0.1, 0.15) is 32.4 Å². The second-order valence-corrected chi connectivity index (χ2v) is 5.60. The molecule has 1 aromatic rings. The summed E-state index contributed by atoms with van der Waals surface area (Å²) in [5.74, 6) is 0.890. The highest BCUT2D eigenvalue weighted by Gasteiger charge is 2.25. The maximum absolute atomic E-state index is 5.24. The Balaban J connectivity index is 2.88. The Morgan fingerprint density at radius 1 is 1.10 bits per heavy atom. The summed E-state index contributed by atoms with van der Waals surface area (Å²) in [5, 5.41) is 3.44. The third-order valence-electron chi connectivity index (χ3n) is 4.01. The quantitative estimate of drug-likeness (QED) is 0.759. The lowest BCUT2D eigenvalue weighted by Gasteiger charge is -2.37. The third kappa shape index (κ3) is 4.99. The molecule has 1 aromatic carbocycles. The van der Waals surface area contributed by atoms with Crippen molar-refractivity contribution in [1.82, 2.24) is 10.2 Å². The van der Waals surface area contributed by atoms with Crippen LogP contribution in [0.15, 0.2) is 24.3 Å². The molecule has 0 fully saturated rings. The summed E-state index contributed by atoms with van der Waals surface area (Å²) in [6.45, 7) is 8.41. The van der Waals surface area contributed by atoms with Crippen LogP contribution in [0, 0.1) is 0 Å². The second-order valence-electron chi connectivity index (χ2n) is 5.60. The summed E-state index contributed by atoms with van der Waals surface area (Å²) in [7, 11) is 5.46. The third-order valence-corrected chi connectivity index (χ3v) is 4.01. The monoisotopic (exact) mass is 294 g/mol. The molecule has 0 radical (unpaired) electrons. The van der Waals surface area contributed by atoms with Crippen LogP contribution in [0.4, 0.5) is 0 Å². The molecule has 0 spiro atoms. The Morgan fingerprint density at radius 2 is 1.71 bits per heavy atom. The van der Waals surface area contributed by atoms with Crippen molar-refractivity contribution in [1.29, 1.82) is 0 Å². The average molecular weight is 294 g/mol. The van der Waals surface area contributed by atoms with E-state index in [0.717, 1.165) is 18.9 Å². The van der Waals surface area contributed by atoms with Crippen LogP contribution in [-0.2, 0) is 4.74 Å². The SMILES string of the molecule is CNC(c1ccc(OC)cc1)C(C)N(CCOC)C(C)C. The highest BCUT2D eigenvalue weighted by atomic mass is 16.5. The number of hydrogen-bond acceptors (Lipinski definition) is 4. The van der Waals surface area contributed by atoms with Gasteiger partial charge in [-0.25, -0.2) is 0 Å². The fraction of sp³-hybridized carbons (Fsp3) is 0.647. The predicted molar refractivity (Wildman–Crippen MR) is 88.0 cm³/mol. The van der Waals surface area contributed by atoms with Crippen molar-refractivity contribution in [3.8, 4) is 5.75 Å². The molecule has 1 N–H and O–H groups in total. The van der Waals surface area contributed by atoms with Gasteiger partial charge in [0.25, 0.3) is 0 Å². The number of nitrogens with zero attached hydrogens (tertiary/aromatic N) is 1. The van der Waals surface area contributed by atoms with E-state index in [9.17, 15) is 0 Å². The summed E-state index contributed by atoms with van der Waals surface area (Å²) in [6, 6.07) is 9.41. The molecule has 0 aliphatic rings. The first-order valence-electron chi connectivity index (χ1n) is 7.61. The first-order chi connectivity index (χ1) is 10.0. The Labute approximate surface area is 129 Å². The zero-order valence-electron chi connectivity index (χ0n) is 14.2. The molecule has 0 saturated heterocycles. The fourth-order valence-electron chi connectivity index (χ4n) is 2.82. The summed E-state index contributed by atoms with van der Waals surface area (Å²) < 4.78 is 10.5. The van der Waals surface area contributed by atoms with Gasteiger partial charge in [-0.15, -0.1) is 0 Å². The molecule has 0 bridgehead atoms. The van der Waals surface area contributed by atoms with E-state index in [1.54, 1.807) is 14.2 Å². The molecule has 0 aliphatic heterocycles. The lowest BCUT2D eigenvalue weighted by molar-refractivity contribution is 0.0864. The normalized spacial score (nSPS) is 14.5. The highest BCUT2D eigenvalue weighted by molar-refractivity contribution is 5.29. The van der Waals surface area contributed by atoms with Crippen LogP contribution in [0.2, 0.25) is 0 Å². The lowest BCUT2D eigenvalue weighted by Crippen LogP contribution is -2.46. The smallest absolute Gasteiger partial charge is 0.118 e. The van der Waals surface area contributed by atoms with Gasteiger partial charge in [-0.1, -0.05) is 12.1 Å². The minimum atomic E-state index is 0.273. The van der Waals surface area contributed by atoms with Crippen molar-refractivity contribution < 1.29 is 9.47 Å². The molecule has 21 heavy (non-hydrogen) atoms. The minimum absolute atomic E-state index is 0.273. The van der Waals surface area contributed by atoms with Crippen LogP contribution in [0.3, 0.4) is 0 Å². The van der Waals surface area contributed by atoms with Gasteiger partial charge in [0.05, 0.1) is 13.7 Å². The predicted octanol–water partition coefficient (Wildman–Crippen LogP) is 2.70. The molecule has 0 amide bonds. The van der Waals surface area contributed by atoms with Gasteiger partial charge in [-0.3, -0.25) is 4.90 Å². The van der Waals surface area contributed by atoms with Gasteiger partial charge in [-0.2, -0.15) is 0 Å². The van der Waals surface area contributed by atoms with Crippen molar-refractivity contribution in [2.45, 2.75) is 38.9 Å². The number of benzene rings is 1. The molecule has 4 heteroatoms. The average Bonchev–Trinajstić information content (AvgIpc) is 2.48. The molecule has 1 rings (SSSR count). The van der Waals surface area contributed by atoms with Gasteiger partial charge in [-0.05, 0) is 45.5 Å². The molecule has 0 saturated carbocycles. The van der Waals surface area contributed by atoms with Gasteiger partial charge in [0.1, 0.15) is 5.75 Å². The molecule has 0 aliphatic carbocycles. The van der Waals surface area contributed by atoms with E-state index in [2.05, 4.69) is 43.1 Å². The van der Waals surface area contributed by atoms with Crippen molar-refractivity contribution in [3.63, 3.8) is 0 Å². The molecule has 0 aromatic heterocycles. The van der Waals surface area contributed by atoms with Crippen LogP contribution < -0.4 is 10.1 Å². The maximum atomic E-state index is 5.24. The summed E-state index contributed by atoms with van der Waals surface area (Å²) in [5.41, 5.74) is 1.27. The van der Waals surface area contributed by atoms with E-state index in [4.69, 9.17) is 9.47 Å². The summed E-state index contributed by atoms with van der Waals surface area (Å²) >= 11 is 0. The molecular formula is C17H30N2O2. The van der Waals surface area contributed by atoms with Crippen LogP contribution in [0.5, 0.6) is 5.75 Å². The van der Waals surface area contributed by atoms with E-state index in [1.807, 2.05) is 19.2 Å². The second kappa shape index (κ2) is 9.03. The van der Waals surface area contributed by atoms with E-state index in [1.165, 1.54) is 5.56 Å². The van der Waals surface area contributed by atoms with E-state index in [0.29, 0.717) is 12.1 Å². The van der Waals surface area contributed by atoms with Gasteiger partial charge < -0.3 is 14.8 Å². The van der Waals surface area contributed by atoms with E-state index in [-0.39, 0.29) is 6.04 Å². The lowest BCUT2D eigenvalue weighted by atomic mass is 9.98. The zero-order chi connectivity index (χ0) is 15.8. The van der Waals surface area contributed by atoms with E-state index < -0.39 is 0 Å². The number of rotatable bonds is 9. The highest BCUT2D eigenvalue weighted by Crippen LogP contribution is 2.24. The molecule has 0 heterocycles. The zero-order valence-corrected chi connectivity index (χ0v) is 14.2. The number of nitrogens with one attached hydrogen (secondary N) is 1. The number of methoxy groups -OCH3 is 2. The van der Waals surface area contributed by atoms with Crippen molar-refractivity contribution in [2.75, 3.05) is 34.4 Å². The maximum Gasteiger partial charge on any atom is 0.118 e. The van der Waals surface area contributed by atoms with Gasteiger partial charge in [0.15, 0.2) is 0 Å². The minimum Gasteiger partial charge on any atom is -0.497 e. The van der Waals surface area contributed by atoms with Crippen molar-refractivity contribution in [2.24, 2.45) is 0 Å². The van der Waals surface area contributed by atoms with Crippen LogP contribution >= 0.6 is 0 Å². The Bertz CT molecular complexity index is 392.